The van der Waals surface area contributed by atoms with E-state index in [2.05, 4.69) is 46.9 Å². The van der Waals surface area contributed by atoms with Crippen molar-refractivity contribution >= 4 is 20.4 Å². The van der Waals surface area contributed by atoms with E-state index in [1.807, 2.05) is 30.3 Å². The first kappa shape index (κ1) is 25.2. The van der Waals surface area contributed by atoms with Crippen LogP contribution >= 0.6 is 0 Å². The number of rotatable bonds is 10. The van der Waals surface area contributed by atoms with Gasteiger partial charge in [0.2, 0.25) is 8.32 Å². The molecule has 0 aliphatic carbocycles. The van der Waals surface area contributed by atoms with Crippen molar-refractivity contribution in [2.75, 3.05) is 13.7 Å². The van der Waals surface area contributed by atoms with Crippen LogP contribution in [-0.2, 0) is 18.7 Å². The van der Waals surface area contributed by atoms with Crippen LogP contribution in [0.1, 0.15) is 60.1 Å². The molecule has 0 aromatic heterocycles. The van der Waals surface area contributed by atoms with Crippen LogP contribution in [-0.4, -0.2) is 40.2 Å². The smallest absolute Gasteiger partial charge is 0.407 e. The molecule has 2 atom stereocenters. The van der Waals surface area contributed by atoms with Gasteiger partial charge in [0.1, 0.15) is 0 Å². The third-order valence-corrected chi connectivity index (χ3v) is 11.6. The molecule has 0 radical (unpaired) electrons. The highest BCUT2D eigenvalue weighted by Crippen LogP contribution is 2.44. The van der Waals surface area contributed by atoms with E-state index >= 15 is 0 Å². The first-order chi connectivity index (χ1) is 13.6. The summed E-state index contributed by atoms with van der Waals surface area (Å²) in [5.41, 5.74) is 1.58. The molecule has 7 heteroatoms. The number of benzene rings is 1. The van der Waals surface area contributed by atoms with Gasteiger partial charge in [0.15, 0.2) is 6.10 Å². The van der Waals surface area contributed by atoms with Crippen LogP contribution in [0.2, 0.25) is 16.6 Å². The number of carbonyl (C=O) groups is 2. The molecule has 29 heavy (non-hydrogen) atoms. The standard InChI is InChI=1S/C22H37NO5Si/c1-9-27-22(25)23-19(18-13-11-10-12-14-18)20(21(24)26-8)28-29(15(2)3,16(4)5)17(6)7/h10-17,19-20H,9H2,1-8H3,(H,23,25)/t19-,20+/m0/s1. The van der Waals surface area contributed by atoms with Crippen molar-refractivity contribution in [3.05, 3.63) is 35.9 Å². The molecule has 1 rings (SSSR count). The van der Waals surface area contributed by atoms with E-state index < -0.39 is 32.5 Å². The summed E-state index contributed by atoms with van der Waals surface area (Å²) in [5, 5.41) is 2.82. The second kappa shape index (κ2) is 11.4. The van der Waals surface area contributed by atoms with Crippen molar-refractivity contribution < 1.29 is 23.5 Å². The van der Waals surface area contributed by atoms with Gasteiger partial charge in [-0.3, -0.25) is 0 Å². The maximum Gasteiger partial charge on any atom is 0.407 e. The van der Waals surface area contributed by atoms with E-state index in [1.165, 1.54) is 7.11 Å². The van der Waals surface area contributed by atoms with Gasteiger partial charge in [0.25, 0.3) is 0 Å². The number of methoxy groups -OCH3 is 1. The van der Waals surface area contributed by atoms with Gasteiger partial charge in [-0.2, -0.15) is 0 Å². The average molecular weight is 424 g/mol. The number of hydrogen-bond donors (Lipinski definition) is 1. The Labute approximate surface area is 176 Å². The molecule has 1 amide bonds. The van der Waals surface area contributed by atoms with Crippen LogP contribution in [0.3, 0.4) is 0 Å². The third-order valence-electron chi connectivity index (χ3n) is 5.48. The highest BCUT2D eigenvalue weighted by molar-refractivity contribution is 6.77. The summed E-state index contributed by atoms with van der Waals surface area (Å²) >= 11 is 0. The molecular formula is C22H37NO5Si. The summed E-state index contributed by atoms with van der Waals surface area (Å²) in [6, 6.07) is 8.61. The lowest BCUT2D eigenvalue weighted by molar-refractivity contribution is -0.151. The fraction of sp³-hybridized carbons (Fsp3) is 0.636. The van der Waals surface area contributed by atoms with Gasteiger partial charge in [-0.25, -0.2) is 9.59 Å². The van der Waals surface area contributed by atoms with Gasteiger partial charge in [-0.15, -0.1) is 0 Å². The number of amides is 1. The van der Waals surface area contributed by atoms with Crippen LogP contribution in [0.4, 0.5) is 4.79 Å². The van der Waals surface area contributed by atoms with E-state index in [0.29, 0.717) is 0 Å². The first-order valence-corrected chi connectivity index (χ1v) is 12.5. The van der Waals surface area contributed by atoms with E-state index in [1.54, 1.807) is 6.92 Å². The number of nitrogens with one attached hydrogen (secondary N) is 1. The molecule has 0 bridgehead atoms. The Bertz CT molecular complexity index is 626. The topological polar surface area (TPSA) is 73.9 Å². The van der Waals surface area contributed by atoms with Gasteiger partial charge >= 0.3 is 12.1 Å². The Morgan fingerprint density at radius 2 is 1.48 bits per heavy atom. The molecule has 0 saturated carbocycles. The Morgan fingerprint density at radius 1 is 0.966 bits per heavy atom. The van der Waals surface area contributed by atoms with Gasteiger partial charge in [-0.05, 0) is 29.1 Å². The summed E-state index contributed by atoms with van der Waals surface area (Å²) in [6.07, 6.45) is -1.56. The number of esters is 1. The lowest BCUT2D eigenvalue weighted by atomic mass is 10.0. The van der Waals surface area contributed by atoms with E-state index in [0.717, 1.165) is 5.56 Å². The van der Waals surface area contributed by atoms with Crippen LogP contribution in [0.15, 0.2) is 30.3 Å². The Hall–Kier alpha value is -1.86. The number of alkyl carbamates (subject to hydrolysis) is 1. The van der Waals surface area contributed by atoms with Crippen molar-refractivity contribution in [3.63, 3.8) is 0 Å². The molecule has 164 valence electrons. The van der Waals surface area contributed by atoms with Gasteiger partial charge in [-0.1, -0.05) is 71.9 Å². The normalized spacial score (nSPS) is 14.0. The zero-order chi connectivity index (χ0) is 22.2. The van der Waals surface area contributed by atoms with Crippen molar-refractivity contribution in [2.24, 2.45) is 0 Å². The minimum atomic E-state index is -2.43. The van der Waals surface area contributed by atoms with Crippen molar-refractivity contribution in [2.45, 2.75) is 77.2 Å². The minimum Gasteiger partial charge on any atom is -0.467 e. The first-order valence-electron chi connectivity index (χ1n) is 10.4. The maximum absolute atomic E-state index is 12.9. The molecule has 0 aliphatic heterocycles. The number of carbonyl (C=O) groups excluding carboxylic acids is 2. The maximum atomic E-state index is 12.9. The average Bonchev–Trinajstić information content (AvgIpc) is 2.67. The lowest BCUT2D eigenvalue weighted by Gasteiger charge is -2.45. The van der Waals surface area contributed by atoms with Gasteiger partial charge in [0, 0.05) is 0 Å². The van der Waals surface area contributed by atoms with E-state index in [9.17, 15) is 9.59 Å². The quantitative estimate of drug-likeness (QED) is 0.413. The highest BCUT2D eigenvalue weighted by Gasteiger charge is 2.50. The summed E-state index contributed by atoms with van der Waals surface area (Å²) < 4.78 is 17.0. The zero-order valence-corrected chi connectivity index (χ0v) is 20.0. The van der Waals surface area contributed by atoms with Crippen molar-refractivity contribution in [1.29, 1.82) is 0 Å². The van der Waals surface area contributed by atoms with Gasteiger partial charge in [0.05, 0.1) is 19.8 Å². The minimum absolute atomic E-state index is 0.236. The summed E-state index contributed by atoms with van der Waals surface area (Å²) in [6.45, 7) is 14.9. The SMILES string of the molecule is CCOC(=O)N[C@@H](c1ccccc1)[C@@H](O[Si](C(C)C)(C(C)C)C(C)C)C(=O)OC. The molecule has 0 fully saturated rings. The van der Waals surface area contributed by atoms with Crippen molar-refractivity contribution in [3.8, 4) is 0 Å². The molecule has 1 N–H and O–H groups in total. The second-order valence-corrected chi connectivity index (χ2v) is 13.5. The molecule has 6 nitrogen and oxygen atoms in total. The summed E-state index contributed by atoms with van der Waals surface area (Å²) in [5.74, 6) is -0.505. The van der Waals surface area contributed by atoms with E-state index in [4.69, 9.17) is 13.9 Å². The number of ether oxygens (including phenoxy) is 2. The Balaban J connectivity index is 3.49. The zero-order valence-electron chi connectivity index (χ0n) is 19.0. The molecule has 0 unspecified atom stereocenters. The van der Waals surface area contributed by atoms with Gasteiger partial charge < -0.3 is 19.2 Å². The van der Waals surface area contributed by atoms with Crippen LogP contribution < -0.4 is 5.32 Å². The predicted octanol–water partition coefficient (Wildman–Crippen LogP) is 5.21. The molecule has 0 aliphatic rings. The predicted molar refractivity (Wildman–Crippen MR) is 117 cm³/mol. The second-order valence-electron chi connectivity index (χ2n) is 8.13. The monoisotopic (exact) mass is 423 g/mol. The van der Waals surface area contributed by atoms with Crippen LogP contribution in [0, 0.1) is 0 Å². The Kier molecular flexibility index (Phi) is 9.86. The lowest BCUT2D eigenvalue weighted by Crippen LogP contribution is -2.55. The highest BCUT2D eigenvalue weighted by atomic mass is 28.4. The summed E-state index contributed by atoms with van der Waals surface area (Å²) in [4.78, 5) is 25.2. The Morgan fingerprint density at radius 3 is 1.90 bits per heavy atom. The molecule has 1 aromatic rings. The molecule has 1 aromatic carbocycles. The van der Waals surface area contributed by atoms with Crippen LogP contribution in [0.5, 0.6) is 0 Å². The molecule has 0 saturated heterocycles. The molecule has 0 heterocycles. The fourth-order valence-corrected chi connectivity index (χ4v) is 9.78. The molecular weight excluding hydrogens is 386 g/mol. The fourth-order valence-electron chi connectivity index (χ4n) is 4.29. The number of hydrogen-bond acceptors (Lipinski definition) is 5. The van der Waals surface area contributed by atoms with Crippen LogP contribution in [0.25, 0.3) is 0 Å². The van der Waals surface area contributed by atoms with E-state index in [-0.39, 0.29) is 23.2 Å². The van der Waals surface area contributed by atoms with Crippen molar-refractivity contribution in [1.82, 2.24) is 5.32 Å². The molecule has 0 spiro atoms. The third kappa shape index (κ3) is 6.06. The largest absolute Gasteiger partial charge is 0.467 e. The summed E-state index contributed by atoms with van der Waals surface area (Å²) in [7, 11) is -1.09.